The van der Waals surface area contributed by atoms with Gasteiger partial charge in [0.2, 0.25) is 0 Å². The van der Waals surface area contributed by atoms with E-state index < -0.39 is 0 Å². The standard InChI is InChI=1S/C17H20N2O3/c20-10-11-8-13-12-4-1-2-5-14(12)18-15(13)9-19(11)17(21)16-6-3-7-22-16/h1-2,4-5,11,16,18,20H,3,6-10H2. The molecule has 5 nitrogen and oxygen atoms in total. The summed E-state index contributed by atoms with van der Waals surface area (Å²) >= 11 is 0. The van der Waals surface area contributed by atoms with Crippen LogP contribution in [-0.2, 0) is 22.5 Å². The van der Waals surface area contributed by atoms with Gasteiger partial charge in [-0.2, -0.15) is 0 Å². The minimum atomic E-state index is -0.333. The number of aliphatic hydroxyl groups excluding tert-OH is 1. The van der Waals surface area contributed by atoms with Gasteiger partial charge in [-0.1, -0.05) is 18.2 Å². The summed E-state index contributed by atoms with van der Waals surface area (Å²) in [7, 11) is 0. The maximum absolute atomic E-state index is 12.7. The van der Waals surface area contributed by atoms with Gasteiger partial charge in [-0.3, -0.25) is 4.79 Å². The molecule has 5 heteroatoms. The van der Waals surface area contributed by atoms with Crippen molar-refractivity contribution in [1.29, 1.82) is 0 Å². The molecule has 0 spiro atoms. The van der Waals surface area contributed by atoms with Gasteiger partial charge in [0.15, 0.2) is 0 Å². The van der Waals surface area contributed by atoms with Gasteiger partial charge in [0.05, 0.1) is 19.2 Å². The Morgan fingerprint density at radius 2 is 2.27 bits per heavy atom. The molecule has 2 aliphatic rings. The predicted octanol–water partition coefficient (Wildman–Crippen LogP) is 1.59. The third-order valence-corrected chi connectivity index (χ3v) is 4.81. The van der Waals surface area contributed by atoms with Crippen molar-refractivity contribution in [3.8, 4) is 0 Å². The molecule has 1 aromatic carbocycles. The number of aromatic nitrogens is 1. The third-order valence-electron chi connectivity index (χ3n) is 4.81. The number of hydrogen-bond donors (Lipinski definition) is 2. The van der Waals surface area contributed by atoms with Crippen LogP contribution in [0.15, 0.2) is 24.3 Å². The van der Waals surface area contributed by atoms with Crippen LogP contribution in [-0.4, -0.2) is 46.3 Å². The molecule has 116 valence electrons. The van der Waals surface area contributed by atoms with Crippen molar-refractivity contribution < 1.29 is 14.6 Å². The van der Waals surface area contributed by atoms with Crippen molar-refractivity contribution >= 4 is 16.8 Å². The highest BCUT2D eigenvalue weighted by Gasteiger charge is 2.36. The van der Waals surface area contributed by atoms with Crippen LogP contribution in [0.2, 0.25) is 0 Å². The number of rotatable bonds is 2. The molecule has 0 saturated carbocycles. The lowest BCUT2D eigenvalue weighted by Gasteiger charge is -2.36. The van der Waals surface area contributed by atoms with Gasteiger partial charge in [0.1, 0.15) is 6.10 Å². The van der Waals surface area contributed by atoms with Crippen LogP contribution in [0, 0.1) is 0 Å². The first kappa shape index (κ1) is 13.8. The number of hydrogen-bond acceptors (Lipinski definition) is 3. The van der Waals surface area contributed by atoms with Gasteiger partial charge >= 0.3 is 0 Å². The molecule has 2 aromatic rings. The molecule has 2 aliphatic heterocycles. The fourth-order valence-corrected chi connectivity index (χ4v) is 3.65. The van der Waals surface area contributed by atoms with Crippen LogP contribution in [0.25, 0.3) is 10.9 Å². The summed E-state index contributed by atoms with van der Waals surface area (Å²) in [6.45, 7) is 1.16. The second-order valence-corrected chi connectivity index (χ2v) is 6.14. The first-order valence-corrected chi connectivity index (χ1v) is 7.89. The van der Waals surface area contributed by atoms with Crippen molar-refractivity contribution in [1.82, 2.24) is 9.88 Å². The van der Waals surface area contributed by atoms with Gasteiger partial charge in [-0.25, -0.2) is 0 Å². The van der Waals surface area contributed by atoms with E-state index >= 15 is 0 Å². The normalized spacial score (nSPS) is 24.7. The van der Waals surface area contributed by atoms with E-state index in [9.17, 15) is 9.90 Å². The number of aromatic amines is 1. The molecular formula is C17H20N2O3. The summed E-state index contributed by atoms with van der Waals surface area (Å²) < 4.78 is 5.52. The Bertz CT molecular complexity index is 703. The van der Waals surface area contributed by atoms with E-state index in [1.165, 1.54) is 10.9 Å². The molecule has 0 radical (unpaired) electrons. The summed E-state index contributed by atoms with van der Waals surface area (Å²) in [5, 5.41) is 10.9. The highest BCUT2D eigenvalue weighted by molar-refractivity contribution is 5.86. The molecule has 3 heterocycles. The Hall–Kier alpha value is -1.85. The number of amides is 1. The van der Waals surface area contributed by atoms with Crippen molar-refractivity contribution in [2.45, 2.75) is 38.0 Å². The molecule has 2 N–H and O–H groups in total. The van der Waals surface area contributed by atoms with Crippen LogP contribution in [0.5, 0.6) is 0 Å². The summed E-state index contributed by atoms with van der Waals surface area (Å²) in [5.74, 6) is 0.0147. The Labute approximate surface area is 128 Å². The van der Waals surface area contributed by atoms with Crippen LogP contribution < -0.4 is 0 Å². The molecule has 22 heavy (non-hydrogen) atoms. The molecule has 2 unspecified atom stereocenters. The zero-order chi connectivity index (χ0) is 15.1. The second kappa shape index (κ2) is 5.41. The maximum Gasteiger partial charge on any atom is 0.252 e. The smallest absolute Gasteiger partial charge is 0.252 e. The number of ether oxygens (including phenoxy) is 1. The first-order valence-electron chi connectivity index (χ1n) is 7.89. The van der Waals surface area contributed by atoms with Crippen LogP contribution in [0.4, 0.5) is 0 Å². The minimum Gasteiger partial charge on any atom is -0.394 e. The van der Waals surface area contributed by atoms with Crippen molar-refractivity contribution in [3.63, 3.8) is 0 Å². The molecule has 0 bridgehead atoms. The van der Waals surface area contributed by atoms with Crippen LogP contribution in [0.3, 0.4) is 0 Å². The molecule has 1 aromatic heterocycles. The Kier molecular flexibility index (Phi) is 3.39. The Balaban J connectivity index is 1.68. The van der Waals surface area contributed by atoms with E-state index in [0.29, 0.717) is 19.6 Å². The van der Waals surface area contributed by atoms with Crippen LogP contribution >= 0.6 is 0 Å². The number of nitrogens with zero attached hydrogens (tertiary/aromatic N) is 1. The van der Waals surface area contributed by atoms with Gasteiger partial charge in [-0.15, -0.1) is 0 Å². The topological polar surface area (TPSA) is 65.6 Å². The van der Waals surface area contributed by atoms with Gasteiger partial charge in [0.25, 0.3) is 5.91 Å². The summed E-state index contributed by atoms with van der Waals surface area (Å²) in [4.78, 5) is 17.9. The monoisotopic (exact) mass is 300 g/mol. The molecule has 1 amide bonds. The predicted molar refractivity (Wildman–Crippen MR) is 82.4 cm³/mol. The van der Waals surface area contributed by atoms with Gasteiger partial charge in [-0.05, 0) is 30.9 Å². The fourth-order valence-electron chi connectivity index (χ4n) is 3.65. The van der Waals surface area contributed by atoms with E-state index in [4.69, 9.17) is 4.74 Å². The molecule has 1 saturated heterocycles. The Morgan fingerprint density at radius 1 is 1.41 bits per heavy atom. The largest absolute Gasteiger partial charge is 0.394 e. The lowest BCUT2D eigenvalue weighted by Crippen LogP contribution is -2.49. The number of aliphatic hydroxyl groups is 1. The fraction of sp³-hybridized carbons (Fsp3) is 0.471. The highest BCUT2D eigenvalue weighted by Crippen LogP contribution is 2.31. The number of carbonyl (C=O) groups is 1. The van der Waals surface area contributed by atoms with Gasteiger partial charge < -0.3 is 19.7 Å². The number of carbonyl (C=O) groups excluding carboxylic acids is 1. The van der Waals surface area contributed by atoms with Crippen molar-refractivity contribution in [3.05, 3.63) is 35.5 Å². The molecule has 2 atom stereocenters. The lowest BCUT2D eigenvalue weighted by molar-refractivity contribution is -0.145. The van der Waals surface area contributed by atoms with Gasteiger partial charge in [0, 0.05) is 23.2 Å². The van der Waals surface area contributed by atoms with Crippen molar-refractivity contribution in [2.75, 3.05) is 13.2 Å². The number of H-pyrrole nitrogens is 1. The zero-order valence-corrected chi connectivity index (χ0v) is 12.4. The average molecular weight is 300 g/mol. The lowest BCUT2D eigenvalue weighted by atomic mass is 9.96. The van der Waals surface area contributed by atoms with Crippen LogP contribution in [0.1, 0.15) is 24.1 Å². The van der Waals surface area contributed by atoms with E-state index in [1.807, 2.05) is 18.2 Å². The number of nitrogens with one attached hydrogen (secondary N) is 1. The average Bonchev–Trinajstić information content (AvgIpc) is 3.20. The Morgan fingerprint density at radius 3 is 3.05 bits per heavy atom. The number of fused-ring (bicyclic) bond motifs is 3. The second-order valence-electron chi connectivity index (χ2n) is 6.14. The molecular weight excluding hydrogens is 280 g/mol. The van der Waals surface area contributed by atoms with E-state index in [1.54, 1.807) is 4.90 Å². The highest BCUT2D eigenvalue weighted by atomic mass is 16.5. The van der Waals surface area contributed by atoms with E-state index in [-0.39, 0.29) is 24.7 Å². The summed E-state index contributed by atoms with van der Waals surface area (Å²) in [6, 6.07) is 8.01. The summed E-state index contributed by atoms with van der Waals surface area (Å²) in [6.07, 6.45) is 2.08. The van der Waals surface area contributed by atoms with E-state index in [2.05, 4.69) is 11.1 Å². The first-order chi connectivity index (χ1) is 10.8. The molecule has 4 rings (SSSR count). The maximum atomic E-state index is 12.7. The number of benzene rings is 1. The molecule has 0 aliphatic carbocycles. The van der Waals surface area contributed by atoms with E-state index in [0.717, 1.165) is 24.1 Å². The summed E-state index contributed by atoms with van der Waals surface area (Å²) in [5.41, 5.74) is 3.40. The quantitative estimate of drug-likeness (QED) is 0.885. The SMILES string of the molecule is O=C(C1CCCO1)N1Cc2[nH]c3ccccc3c2CC1CO. The zero-order valence-electron chi connectivity index (χ0n) is 12.4. The number of para-hydroxylation sites is 1. The third kappa shape index (κ3) is 2.12. The molecule has 1 fully saturated rings. The minimum absolute atomic E-state index is 0.0147. The van der Waals surface area contributed by atoms with Crippen molar-refractivity contribution in [2.24, 2.45) is 0 Å².